The highest BCUT2D eigenvalue weighted by Gasteiger charge is 2.49. The van der Waals surface area contributed by atoms with Gasteiger partial charge in [0, 0.05) is 18.3 Å². The van der Waals surface area contributed by atoms with Crippen molar-refractivity contribution in [2.45, 2.75) is 38.8 Å². The molecule has 3 rings (SSSR count). The molecule has 0 spiro atoms. The first-order valence-corrected chi connectivity index (χ1v) is 12.4. The van der Waals surface area contributed by atoms with Crippen molar-refractivity contribution in [2.75, 3.05) is 13.2 Å². The molecule has 0 saturated carbocycles. The molecule has 0 atom stereocenters. The van der Waals surface area contributed by atoms with Gasteiger partial charge in [-0.15, -0.1) is 0 Å². The van der Waals surface area contributed by atoms with E-state index in [4.69, 9.17) is 10.2 Å². The molecule has 0 saturated heterocycles. The minimum absolute atomic E-state index is 0.0222. The van der Waals surface area contributed by atoms with E-state index in [1.54, 1.807) is 4.57 Å². The summed E-state index contributed by atoms with van der Waals surface area (Å²) < 4.78 is 8.62. The van der Waals surface area contributed by atoms with Crippen LogP contribution in [0.25, 0.3) is 0 Å². The SMILES string of the molecule is CC(C)(C)[Si](OCCn1cccc(CCN)c1=O)(c1ccccc1)c1ccccc1. The van der Waals surface area contributed by atoms with E-state index in [-0.39, 0.29) is 10.6 Å². The molecule has 0 amide bonds. The molecule has 0 fully saturated rings. The van der Waals surface area contributed by atoms with E-state index in [1.165, 1.54) is 10.4 Å². The molecule has 0 unspecified atom stereocenters. The quantitative estimate of drug-likeness (QED) is 0.570. The van der Waals surface area contributed by atoms with Crippen LogP contribution < -0.4 is 21.7 Å². The first-order chi connectivity index (χ1) is 14.4. The van der Waals surface area contributed by atoms with Crippen LogP contribution >= 0.6 is 0 Å². The highest BCUT2D eigenvalue weighted by molar-refractivity contribution is 6.99. The van der Waals surface area contributed by atoms with Crippen LogP contribution in [0.3, 0.4) is 0 Å². The van der Waals surface area contributed by atoms with Crippen molar-refractivity contribution in [3.05, 3.63) is 94.9 Å². The molecular weight excluding hydrogens is 388 g/mol. The molecule has 4 nitrogen and oxygen atoms in total. The van der Waals surface area contributed by atoms with Gasteiger partial charge in [0.15, 0.2) is 0 Å². The Bertz CT molecular complexity index is 955. The first kappa shape index (κ1) is 22.2. The summed E-state index contributed by atoms with van der Waals surface area (Å²) >= 11 is 0. The maximum atomic E-state index is 12.7. The highest BCUT2D eigenvalue weighted by Crippen LogP contribution is 2.36. The maximum Gasteiger partial charge on any atom is 0.261 e. The number of nitrogens with zero attached hydrogens (tertiary/aromatic N) is 1. The molecule has 0 bridgehead atoms. The Morgan fingerprint density at radius 2 is 1.47 bits per heavy atom. The fraction of sp³-hybridized carbons (Fsp3) is 0.320. The molecule has 0 radical (unpaired) electrons. The monoisotopic (exact) mass is 420 g/mol. The zero-order valence-corrected chi connectivity index (χ0v) is 19.2. The van der Waals surface area contributed by atoms with E-state index in [0.29, 0.717) is 26.1 Å². The molecule has 2 aromatic carbocycles. The molecule has 1 heterocycles. The lowest BCUT2D eigenvalue weighted by atomic mass is 10.2. The van der Waals surface area contributed by atoms with E-state index in [9.17, 15) is 4.79 Å². The second-order valence-electron chi connectivity index (χ2n) is 8.58. The topological polar surface area (TPSA) is 57.2 Å². The van der Waals surface area contributed by atoms with Gasteiger partial charge in [-0.1, -0.05) is 87.5 Å². The van der Waals surface area contributed by atoms with Gasteiger partial charge in [-0.3, -0.25) is 4.79 Å². The molecule has 30 heavy (non-hydrogen) atoms. The lowest BCUT2D eigenvalue weighted by molar-refractivity contribution is 0.278. The number of benzene rings is 2. The van der Waals surface area contributed by atoms with Crippen LogP contribution in [0.1, 0.15) is 26.3 Å². The number of nitrogens with two attached hydrogens (primary N) is 1. The summed E-state index contributed by atoms with van der Waals surface area (Å²) in [7, 11) is -2.58. The van der Waals surface area contributed by atoms with E-state index in [1.807, 2.05) is 30.5 Å². The van der Waals surface area contributed by atoms with E-state index < -0.39 is 8.32 Å². The van der Waals surface area contributed by atoms with Gasteiger partial charge >= 0.3 is 0 Å². The largest absolute Gasteiger partial charge is 0.406 e. The summed E-state index contributed by atoms with van der Waals surface area (Å²) in [5, 5.41) is 2.41. The number of pyridine rings is 1. The van der Waals surface area contributed by atoms with Crippen molar-refractivity contribution in [2.24, 2.45) is 5.73 Å². The standard InChI is InChI=1S/C25H32N2O2Si/c1-25(2,3)30(22-12-6-4-7-13-22,23-14-8-5-9-15-23)29-20-19-27-18-10-11-21(16-17-26)24(27)28/h4-15,18H,16-17,19-20,26H2,1-3H3. The van der Waals surface area contributed by atoms with Crippen LogP contribution in [0, 0.1) is 0 Å². The third kappa shape index (κ3) is 4.48. The van der Waals surface area contributed by atoms with Crippen molar-refractivity contribution in [1.29, 1.82) is 0 Å². The van der Waals surface area contributed by atoms with Crippen molar-refractivity contribution < 1.29 is 4.43 Å². The molecule has 5 heteroatoms. The number of hydrogen-bond donors (Lipinski definition) is 1. The normalized spacial score (nSPS) is 12.1. The van der Waals surface area contributed by atoms with E-state index >= 15 is 0 Å². The lowest BCUT2D eigenvalue weighted by Gasteiger charge is -2.43. The third-order valence-corrected chi connectivity index (χ3v) is 10.6. The number of rotatable bonds is 8. The highest BCUT2D eigenvalue weighted by atomic mass is 28.4. The van der Waals surface area contributed by atoms with Crippen LogP contribution in [0.5, 0.6) is 0 Å². The van der Waals surface area contributed by atoms with Crippen LogP contribution in [-0.2, 0) is 17.4 Å². The average molecular weight is 421 g/mol. The minimum Gasteiger partial charge on any atom is -0.406 e. The average Bonchev–Trinajstić information content (AvgIpc) is 2.74. The van der Waals surface area contributed by atoms with Crippen LogP contribution in [-0.4, -0.2) is 26.0 Å². The zero-order chi connectivity index (χ0) is 21.6. The Morgan fingerprint density at radius 1 is 0.900 bits per heavy atom. The molecule has 1 aromatic heterocycles. The summed E-state index contributed by atoms with van der Waals surface area (Å²) in [6.45, 7) is 8.23. The van der Waals surface area contributed by atoms with Crippen molar-refractivity contribution in [1.82, 2.24) is 4.57 Å². The molecule has 2 N–H and O–H groups in total. The summed E-state index contributed by atoms with van der Waals surface area (Å²) in [4.78, 5) is 12.7. The van der Waals surface area contributed by atoms with Crippen molar-refractivity contribution >= 4 is 18.7 Å². The molecular formula is C25H32N2O2Si. The van der Waals surface area contributed by atoms with Gasteiger partial charge in [-0.05, 0) is 34.4 Å². The van der Waals surface area contributed by atoms with Crippen LogP contribution in [0.15, 0.2) is 83.8 Å². The van der Waals surface area contributed by atoms with Gasteiger partial charge in [-0.25, -0.2) is 0 Å². The number of aromatic nitrogens is 1. The van der Waals surface area contributed by atoms with Gasteiger partial charge in [-0.2, -0.15) is 0 Å². The lowest BCUT2D eigenvalue weighted by Crippen LogP contribution is -2.66. The van der Waals surface area contributed by atoms with Crippen LogP contribution in [0.4, 0.5) is 0 Å². The molecule has 158 valence electrons. The predicted octanol–water partition coefficient (Wildman–Crippen LogP) is 2.93. The summed E-state index contributed by atoms with van der Waals surface area (Å²) in [6.07, 6.45) is 2.42. The van der Waals surface area contributed by atoms with Gasteiger partial charge in [0.2, 0.25) is 0 Å². The Morgan fingerprint density at radius 3 is 1.97 bits per heavy atom. The summed E-state index contributed by atoms with van der Waals surface area (Å²) in [6, 6.07) is 24.9. The van der Waals surface area contributed by atoms with Gasteiger partial charge in [0.05, 0.1) is 6.61 Å². The second-order valence-corrected chi connectivity index (χ2v) is 12.9. The molecule has 3 aromatic rings. The Kier molecular flexibility index (Phi) is 7.08. The first-order valence-electron chi connectivity index (χ1n) is 10.5. The van der Waals surface area contributed by atoms with Crippen molar-refractivity contribution in [3.63, 3.8) is 0 Å². The Balaban J connectivity index is 1.97. The fourth-order valence-electron chi connectivity index (χ4n) is 4.17. The minimum atomic E-state index is -2.58. The van der Waals surface area contributed by atoms with Gasteiger partial charge in [0.1, 0.15) is 0 Å². The maximum absolute atomic E-state index is 12.7. The third-order valence-electron chi connectivity index (χ3n) is 5.58. The zero-order valence-electron chi connectivity index (χ0n) is 18.2. The fourth-order valence-corrected chi connectivity index (χ4v) is 8.72. The van der Waals surface area contributed by atoms with E-state index in [2.05, 4.69) is 69.3 Å². The summed E-state index contributed by atoms with van der Waals surface area (Å²) in [5.74, 6) is 0. The molecule has 0 aliphatic heterocycles. The van der Waals surface area contributed by atoms with E-state index in [0.717, 1.165) is 5.56 Å². The Labute approximate surface area is 180 Å². The molecule has 0 aliphatic rings. The van der Waals surface area contributed by atoms with Gasteiger partial charge < -0.3 is 14.7 Å². The van der Waals surface area contributed by atoms with Crippen LogP contribution in [0.2, 0.25) is 5.04 Å². The summed E-state index contributed by atoms with van der Waals surface area (Å²) in [5.41, 5.74) is 6.42. The second kappa shape index (κ2) is 9.56. The van der Waals surface area contributed by atoms with Gasteiger partial charge in [0.25, 0.3) is 13.9 Å². The predicted molar refractivity (Wildman–Crippen MR) is 127 cm³/mol. The Hall–Kier alpha value is -2.47. The smallest absolute Gasteiger partial charge is 0.261 e. The molecule has 0 aliphatic carbocycles. The van der Waals surface area contributed by atoms with Crippen molar-refractivity contribution in [3.8, 4) is 0 Å². The number of hydrogen-bond acceptors (Lipinski definition) is 3.